The number of para-hydroxylation sites is 1. The number of amides is 1. The summed E-state index contributed by atoms with van der Waals surface area (Å²) in [6.45, 7) is 10.4. The van der Waals surface area contributed by atoms with Crippen LogP contribution in [0.5, 0.6) is 0 Å². The minimum Gasteiger partial charge on any atom is -0.316 e. The number of aryl methyl sites for hydroxylation is 1. The molecule has 2 aromatic carbocycles. The summed E-state index contributed by atoms with van der Waals surface area (Å²) in [5.41, 5.74) is 1.38. The number of rotatable bonds is 9. The van der Waals surface area contributed by atoms with Crippen molar-refractivity contribution in [3.8, 4) is 0 Å². The van der Waals surface area contributed by atoms with Crippen molar-refractivity contribution in [3.63, 3.8) is 0 Å². The Morgan fingerprint density at radius 2 is 1.74 bits per heavy atom. The second kappa shape index (κ2) is 10.00. The molecule has 1 amide bonds. The fourth-order valence-corrected chi connectivity index (χ4v) is 5.61. The molecule has 0 aliphatic carbocycles. The van der Waals surface area contributed by atoms with Crippen LogP contribution in [-0.4, -0.2) is 36.3 Å². The van der Waals surface area contributed by atoms with Gasteiger partial charge in [0.25, 0.3) is 5.91 Å². The first-order valence-electron chi connectivity index (χ1n) is 9.91. The predicted octanol–water partition coefficient (Wildman–Crippen LogP) is 4.22. The third-order valence-corrected chi connectivity index (χ3v) is 7.54. The maximum atomic E-state index is 12.8. The van der Waals surface area contributed by atoms with Crippen LogP contribution in [0.4, 0.5) is 0 Å². The number of nitrogens with zero attached hydrogens (tertiary/aromatic N) is 3. The van der Waals surface area contributed by atoms with Gasteiger partial charge in [-0.25, -0.2) is 8.42 Å². The molecule has 31 heavy (non-hydrogen) atoms. The van der Waals surface area contributed by atoms with E-state index < -0.39 is 15.9 Å². The number of fused-ring (bicyclic) bond motifs is 1. The molecule has 1 heterocycles. The SMILES string of the molecule is C=CCN(CC=C)S(=O)(=O)c1ccc(C(=O)N=c2sc3ccccc3n2CCC)cc1. The Morgan fingerprint density at radius 3 is 2.35 bits per heavy atom. The van der Waals surface area contributed by atoms with Crippen LogP contribution in [0.2, 0.25) is 0 Å². The van der Waals surface area contributed by atoms with Crippen LogP contribution in [0.3, 0.4) is 0 Å². The van der Waals surface area contributed by atoms with E-state index >= 15 is 0 Å². The number of hydrogen-bond donors (Lipinski definition) is 0. The summed E-state index contributed by atoms with van der Waals surface area (Å²) < 4.78 is 30.0. The van der Waals surface area contributed by atoms with Crippen molar-refractivity contribution in [2.24, 2.45) is 4.99 Å². The Labute approximate surface area is 186 Å². The highest BCUT2D eigenvalue weighted by atomic mass is 32.2. The number of hydrogen-bond acceptors (Lipinski definition) is 4. The summed E-state index contributed by atoms with van der Waals surface area (Å²) in [6, 6.07) is 13.8. The minimum absolute atomic E-state index is 0.107. The van der Waals surface area contributed by atoms with E-state index in [1.165, 1.54) is 52.1 Å². The Kier molecular flexibility index (Phi) is 7.37. The Morgan fingerprint density at radius 1 is 1.10 bits per heavy atom. The van der Waals surface area contributed by atoms with Gasteiger partial charge in [0.1, 0.15) is 0 Å². The number of sulfonamides is 1. The molecule has 0 bridgehead atoms. The maximum absolute atomic E-state index is 12.8. The third-order valence-electron chi connectivity index (χ3n) is 4.64. The zero-order valence-electron chi connectivity index (χ0n) is 17.4. The van der Waals surface area contributed by atoms with Crippen molar-refractivity contribution in [1.82, 2.24) is 8.87 Å². The van der Waals surface area contributed by atoms with Gasteiger partial charge in [-0.05, 0) is 42.8 Å². The average Bonchev–Trinajstić information content (AvgIpc) is 3.11. The van der Waals surface area contributed by atoms with Crippen molar-refractivity contribution < 1.29 is 13.2 Å². The molecular formula is C23H25N3O3S2. The predicted molar refractivity (Wildman–Crippen MR) is 126 cm³/mol. The zero-order valence-corrected chi connectivity index (χ0v) is 19.0. The average molecular weight is 456 g/mol. The number of aromatic nitrogens is 1. The standard InChI is InChI=1S/C23H25N3O3S2/c1-4-15-25(16-5-2)31(28,29)19-13-11-18(12-14-19)22(27)24-23-26(17-6-3)20-9-7-8-10-21(20)30-23/h4-5,7-14H,1-2,6,15-17H2,3H3. The van der Waals surface area contributed by atoms with E-state index in [0.29, 0.717) is 10.4 Å². The fraction of sp³-hybridized carbons (Fsp3) is 0.217. The van der Waals surface area contributed by atoms with Crippen molar-refractivity contribution in [3.05, 3.63) is 84.2 Å². The number of benzene rings is 2. The Balaban J connectivity index is 1.94. The molecule has 3 aromatic rings. The van der Waals surface area contributed by atoms with E-state index in [-0.39, 0.29) is 18.0 Å². The molecule has 0 saturated carbocycles. The largest absolute Gasteiger partial charge is 0.316 e. The smallest absolute Gasteiger partial charge is 0.279 e. The molecule has 0 radical (unpaired) electrons. The highest BCUT2D eigenvalue weighted by Crippen LogP contribution is 2.19. The lowest BCUT2D eigenvalue weighted by Crippen LogP contribution is -2.31. The van der Waals surface area contributed by atoms with Gasteiger partial charge in [0.15, 0.2) is 4.80 Å². The molecule has 6 nitrogen and oxygen atoms in total. The minimum atomic E-state index is -3.71. The van der Waals surface area contributed by atoms with Crippen LogP contribution in [0.15, 0.2) is 83.7 Å². The molecule has 3 rings (SSSR count). The fourth-order valence-electron chi connectivity index (χ4n) is 3.17. The second-order valence-electron chi connectivity index (χ2n) is 6.84. The summed E-state index contributed by atoms with van der Waals surface area (Å²) in [4.78, 5) is 17.9. The summed E-state index contributed by atoms with van der Waals surface area (Å²) in [5, 5.41) is 0. The van der Waals surface area contributed by atoms with Gasteiger partial charge < -0.3 is 4.57 Å². The molecule has 0 atom stereocenters. The molecule has 0 fully saturated rings. The first-order valence-corrected chi connectivity index (χ1v) is 12.2. The Bertz CT molecular complexity index is 1260. The first-order chi connectivity index (χ1) is 14.9. The van der Waals surface area contributed by atoms with Crippen molar-refractivity contribution in [2.75, 3.05) is 13.1 Å². The molecular weight excluding hydrogens is 430 g/mol. The summed E-state index contributed by atoms with van der Waals surface area (Å²) in [6.07, 6.45) is 3.96. The van der Waals surface area contributed by atoms with Gasteiger partial charge >= 0.3 is 0 Å². The molecule has 0 N–H and O–H groups in total. The lowest BCUT2D eigenvalue weighted by atomic mass is 10.2. The van der Waals surface area contributed by atoms with Crippen molar-refractivity contribution >= 4 is 37.5 Å². The summed E-state index contributed by atoms with van der Waals surface area (Å²) in [7, 11) is -3.71. The number of carbonyl (C=O) groups excluding carboxylic acids is 1. The van der Waals surface area contributed by atoms with Crippen LogP contribution in [-0.2, 0) is 16.6 Å². The lowest BCUT2D eigenvalue weighted by molar-refractivity contribution is 0.0997. The van der Waals surface area contributed by atoms with Gasteiger partial charge in [0.05, 0.1) is 15.1 Å². The molecule has 0 unspecified atom stereocenters. The van der Waals surface area contributed by atoms with Gasteiger partial charge in [-0.1, -0.05) is 42.5 Å². The quantitative estimate of drug-likeness (QED) is 0.454. The van der Waals surface area contributed by atoms with E-state index in [0.717, 1.165) is 23.2 Å². The Hall–Kier alpha value is -2.81. The van der Waals surface area contributed by atoms with E-state index in [9.17, 15) is 13.2 Å². The second-order valence-corrected chi connectivity index (χ2v) is 9.79. The topological polar surface area (TPSA) is 71.7 Å². The third kappa shape index (κ3) is 4.92. The van der Waals surface area contributed by atoms with Gasteiger partial charge in [0, 0.05) is 25.2 Å². The highest BCUT2D eigenvalue weighted by molar-refractivity contribution is 7.89. The normalized spacial score (nSPS) is 12.4. The van der Waals surface area contributed by atoms with Gasteiger partial charge in [-0.3, -0.25) is 4.79 Å². The van der Waals surface area contributed by atoms with Gasteiger partial charge in [0.2, 0.25) is 10.0 Å². The molecule has 1 aromatic heterocycles. The van der Waals surface area contributed by atoms with E-state index in [4.69, 9.17) is 0 Å². The summed E-state index contributed by atoms with van der Waals surface area (Å²) in [5.74, 6) is -0.408. The van der Waals surface area contributed by atoms with Crippen LogP contribution < -0.4 is 4.80 Å². The van der Waals surface area contributed by atoms with Crippen LogP contribution in [0.25, 0.3) is 10.2 Å². The first kappa shape index (κ1) is 22.9. The zero-order chi connectivity index (χ0) is 22.4. The summed E-state index contributed by atoms with van der Waals surface area (Å²) >= 11 is 1.46. The molecule has 8 heteroatoms. The maximum Gasteiger partial charge on any atom is 0.279 e. The molecule has 162 valence electrons. The monoisotopic (exact) mass is 455 g/mol. The van der Waals surface area contributed by atoms with E-state index in [1.807, 2.05) is 28.8 Å². The van der Waals surface area contributed by atoms with E-state index in [2.05, 4.69) is 25.1 Å². The molecule has 0 spiro atoms. The van der Waals surface area contributed by atoms with E-state index in [1.54, 1.807) is 0 Å². The van der Waals surface area contributed by atoms with Crippen LogP contribution in [0, 0.1) is 0 Å². The lowest BCUT2D eigenvalue weighted by Gasteiger charge is -2.19. The van der Waals surface area contributed by atoms with Crippen LogP contribution >= 0.6 is 11.3 Å². The molecule has 0 aliphatic rings. The molecule has 0 saturated heterocycles. The van der Waals surface area contributed by atoms with Gasteiger partial charge in [-0.15, -0.1) is 13.2 Å². The van der Waals surface area contributed by atoms with Crippen molar-refractivity contribution in [2.45, 2.75) is 24.8 Å². The molecule has 0 aliphatic heterocycles. The number of carbonyl (C=O) groups is 1. The van der Waals surface area contributed by atoms with Crippen molar-refractivity contribution in [1.29, 1.82) is 0 Å². The van der Waals surface area contributed by atoms with Crippen LogP contribution in [0.1, 0.15) is 23.7 Å². The van der Waals surface area contributed by atoms with Gasteiger partial charge in [-0.2, -0.15) is 9.30 Å². The highest BCUT2D eigenvalue weighted by Gasteiger charge is 2.22. The number of thiazole rings is 1.